The summed E-state index contributed by atoms with van der Waals surface area (Å²) in [5.74, 6) is -3.56. The van der Waals surface area contributed by atoms with Gasteiger partial charge in [-0.05, 0) is 12.1 Å². The van der Waals surface area contributed by atoms with Crippen molar-refractivity contribution in [1.82, 2.24) is 5.32 Å². The lowest BCUT2D eigenvalue weighted by molar-refractivity contribution is -0.146. The Balaban J connectivity index is 2.69. The highest BCUT2D eigenvalue weighted by Gasteiger charge is 2.21. The maximum absolute atomic E-state index is 11.5. The molecule has 1 atom stereocenters. The molecule has 0 fully saturated rings. The Labute approximate surface area is 114 Å². The monoisotopic (exact) mass is 279 g/mol. The number of phenolic OH excluding ortho intramolecular Hbond substituents is 1. The first-order chi connectivity index (χ1) is 9.40. The van der Waals surface area contributed by atoms with Gasteiger partial charge in [-0.1, -0.05) is 18.2 Å². The zero-order chi connectivity index (χ0) is 15.1. The van der Waals surface area contributed by atoms with E-state index in [4.69, 9.17) is 10.2 Å². The molecule has 0 bridgehead atoms. The average Bonchev–Trinajstić information content (AvgIpc) is 2.36. The second kappa shape index (κ2) is 6.93. The van der Waals surface area contributed by atoms with Gasteiger partial charge in [0.05, 0.1) is 6.42 Å². The van der Waals surface area contributed by atoms with E-state index in [1.54, 1.807) is 18.2 Å². The first-order valence-electron chi connectivity index (χ1n) is 5.61. The van der Waals surface area contributed by atoms with Gasteiger partial charge in [0.2, 0.25) is 5.91 Å². The molecule has 0 radical (unpaired) electrons. The molecule has 106 valence electrons. The molecule has 0 saturated carbocycles. The van der Waals surface area contributed by atoms with Crippen molar-refractivity contribution >= 4 is 23.9 Å². The van der Waals surface area contributed by atoms with Crippen LogP contribution in [-0.4, -0.2) is 39.2 Å². The summed E-state index contributed by atoms with van der Waals surface area (Å²) >= 11 is 0. The molecule has 1 rings (SSSR count). The van der Waals surface area contributed by atoms with Gasteiger partial charge in [-0.2, -0.15) is 0 Å². The number of carbonyl (C=O) groups excluding carboxylic acids is 1. The van der Waals surface area contributed by atoms with Crippen LogP contribution in [0, 0.1) is 0 Å². The maximum Gasteiger partial charge on any atom is 0.326 e. The number of phenols is 1. The number of nitrogens with one attached hydrogen (secondary N) is 1. The number of aliphatic carboxylic acids is 2. The van der Waals surface area contributed by atoms with Crippen molar-refractivity contribution in [3.63, 3.8) is 0 Å². The smallest absolute Gasteiger partial charge is 0.326 e. The molecule has 0 unspecified atom stereocenters. The average molecular weight is 279 g/mol. The van der Waals surface area contributed by atoms with Crippen LogP contribution in [0.2, 0.25) is 0 Å². The van der Waals surface area contributed by atoms with Crippen molar-refractivity contribution in [2.24, 2.45) is 0 Å². The zero-order valence-corrected chi connectivity index (χ0v) is 10.3. The lowest BCUT2D eigenvalue weighted by atomic mass is 10.2. The number of rotatable bonds is 6. The van der Waals surface area contributed by atoms with E-state index in [1.165, 1.54) is 12.1 Å². The van der Waals surface area contributed by atoms with E-state index in [-0.39, 0.29) is 5.75 Å². The van der Waals surface area contributed by atoms with Crippen LogP contribution in [0.15, 0.2) is 30.3 Å². The highest BCUT2D eigenvalue weighted by molar-refractivity contribution is 5.95. The van der Waals surface area contributed by atoms with Gasteiger partial charge in [0.25, 0.3) is 0 Å². The quantitative estimate of drug-likeness (QED) is 0.560. The molecule has 0 aliphatic heterocycles. The second-order valence-corrected chi connectivity index (χ2v) is 3.89. The molecule has 1 amide bonds. The Morgan fingerprint density at radius 2 is 1.85 bits per heavy atom. The van der Waals surface area contributed by atoms with Crippen molar-refractivity contribution < 1.29 is 29.7 Å². The van der Waals surface area contributed by atoms with Gasteiger partial charge >= 0.3 is 11.9 Å². The van der Waals surface area contributed by atoms with E-state index in [0.29, 0.717) is 5.56 Å². The van der Waals surface area contributed by atoms with Gasteiger partial charge in [0, 0.05) is 11.6 Å². The van der Waals surface area contributed by atoms with Crippen LogP contribution in [0.5, 0.6) is 5.75 Å². The number of carboxylic acid groups (broad SMARTS) is 2. The van der Waals surface area contributed by atoms with Crippen molar-refractivity contribution in [2.45, 2.75) is 12.5 Å². The van der Waals surface area contributed by atoms with Gasteiger partial charge in [-0.25, -0.2) is 4.79 Å². The van der Waals surface area contributed by atoms with E-state index in [1.807, 2.05) is 5.32 Å². The standard InChI is InChI=1S/C13H13NO6/c15-10-4-2-1-3-8(10)5-6-11(16)14-9(13(19)20)7-12(17)18/h1-6,9,15H,7H2,(H,14,16)(H,17,18)(H,19,20)/b6-5+/t9-/m0/s1. The molecule has 0 spiro atoms. The van der Waals surface area contributed by atoms with E-state index in [2.05, 4.69) is 0 Å². The third kappa shape index (κ3) is 4.81. The lowest BCUT2D eigenvalue weighted by Crippen LogP contribution is -2.41. The number of para-hydroxylation sites is 1. The number of carbonyl (C=O) groups is 3. The van der Waals surface area contributed by atoms with E-state index in [9.17, 15) is 19.5 Å². The third-order valence-electron chi connectivity index (χ3n) is 2.34. The number of hydrogen-bond acceptors (Lipinski definition) is 4. The van der Waals surface area contributed by atoms with Crippen LogP contribution in [0.4, 0.5) is 0 Å². The second-order valence-electron chi connectivity index (χ2n) is 3.89. The summed E-state index contributed by atoms with van der Waals surface area (Å²) in [5, 5.41) is 28.8. The van der Waals surface area contributed by atoms with Crippen molar-refractivity contribution in [2.75, 3.05) is 0 Å². The predicted octanol–water partition coefficient (Wildman–Crippen LogP) is 0.449. The number of hydrogen-bond donors (Lipinski definition) is 4. The minimum atomic E-state index is -1.51. The highest BCUT2D eigenvalue weighted by Crippen LogP contribution is 2.16. The largest absolute Gasteiger partial charge is 0.507 e. The molecule has 7 heteroatoms. The highest BCUT2D eigenvalue weighted by atomic mass is 16.4. The van der Waals surface area contributed by atoms with Crippen LogP contribution in [0.1, 0.15) is 12.0 Å². The number of benzene rings is 1. The predicted molar refractivity (Wildman–Crippen MR) is 69.0 cm³/mol. The Morgan fingerprint density at radius 3 is 2.40 bits per heavy atom. The fourth-order valence-corrected chi connectivity index (χ4v) is 1.39. The van der Waals surface area contributed by atoms with E-state index < -0.39 is 30.3 Å². The Morgan fingerprint density at radius 1 is 1.20 bits per heavy atom. The Bertz CT molecular complexity index is 552. The minimum Gasteiger partial charge on any atom is -0.507 e. The molecule has 0 aliphatic rings. The maximum atomic E-state index is 11.5. The van der Waals surface area contributed by atoms with E-state index in [0.717, 1.165) is 6.08 Å². The molecule has 20 heavy (non-hydrogen) atoms. The van der Waals surface area contributed by atoms with Crippen LogP contribution in [0.3, 0.4) is 0 Å². The van der Waals surface area contributed by atoms with Gasteiger partial charge in [0.1, 0.15) is 11.8 Å². The molecule has 0 heterocycles. The molecule has 0 saturated heterocycles. The zero-order valence-electron chi connectivity index (χ0n) is 10.3. The molecule has 4 N–H and O–H groups in total. The summed E-state index contributed by atoms with van der Waals surface area (Å²) in [4.78, 5) is 32.7. The Hall–Kier alpha value is -2.83. The van der Waals surface area contributed by atoms with Crippen molar-refractivity contribution in [1.29, 1.82) is 0 Å². The van der Waals surface area contributed by atoms with E-state index >= 15 is 0 Å². The van der Waals surface area contributed by atoms with Crippen molar-refractivity contribution in [3.05, 3.63) is 35.9 Å². The lowest BCUT2D eigenvalue weighted by Gasteiger charge is -2.10. The normalized spacial score (nSPS) is 12.0. The summed E-state index contributed by atoms with van der Waals surface area (Å²) in [6.07, 6.45) is 1.60. The molecule has 1 aromatic carbocycles. The fraction of sp³-hybridized carbons (Fsp3) is 0.154. The Kier molecular flexibility index (Phi) is 5.28. The third-order valence-corrected chi connectivity index (χ3v) is 2.34. The van der Waals surface area contributed by atoms with Gasteiger partial charge in [-0.15, -0.1) is 0 Å². The van der Waals surface area contributed by atoms with Gasteiger partial charge < -0.3 is 20.6 Å². The molecule has 0 aliphatic carbocycles. The summed E-state index contributed by atoms with van der Waals surface area (Å²) < 4.78 is 0. The van der Waals surface area contributed by atoms with Crippen LogP contribution < -0.4 is 5.32 Å². The van der Waals surface area contributed by atoms with Gasteiger partial charge in [-0.3, -0.25) is 9.59 Å². The van der Waals surface area contributed by atoms with Crippen molar-refractivity contribution in [3.8, 4) is 5.75 Å². The molecule has 1 aromatic rings. The first kappa shape index (κ1) is 15.2. The summed E-state index contributed by atoms with van der Waals surface area (Å²) in [5.41, 5.74) is 0.382. The first-order valence-corrected chi connectivity index (χ1v) is 5.61. The number of amides is 1. The fourth-order valence-electron chi connectivity index (χ4n) is 1.39. The molecular formula is C13H13NO6. The van der Waals surface area contributed by atoms with Gasteiger partial charge in [0.15, 0.2) is 0 Å². The van der Waals surface area contributed by atoms with Crippen LogP contribution in [-0.2, 0) is 14.4 Å². The van der Waals surface area contributed by atoms with Crippen LogP contribution in [0.25, 0.3) is 6.08 Å². The van der Waals surface area contributed by atoms with Crippen LogP contribution >= 0.6 is 0 Å². The summed E-state index contributed by atoms with van der Waals surface area (Å²) in [6.45, 7) is 0. The number of aromatic hydroxyl groups is 1. The molecular weight excluding hydrogens is 266 g/mol. The molecule has 7 nitrogen and oxygen atoms in total. The minimum absolute atomic E-state index is 0.0307. The molecule has 0 aromatic heterocycles. The summed E-state index contributed by atoms with van der Waals surface area (Å²) in [7, 11) is 0. The SMILES string of the molecule is O=C(O)C[C@H](NC(=O)/C=C/c1ccccc1O)C(=O)O. The number of carboxylic acids is 2. The summed E-state index contributed by atoms with van der Waals surface area (Å²) in [6, 6.07) is 4.75. The topological polar surface area (TPSA) is 124 Å².